The van der Waals surface area contributed by atoms with Crippen LogP contribution in [0.5, 0.6) is 0 Å². The molecule has 0 saturated carbocycles. The lowest BCUT2D eigenvalue weighted by molar-refractivity contribution is -0.128. The van der Waals surface area contributed by atoms with Crippen LogP contribution >= 0.6 is 0 Å². The van der Waals surface area contributed by atoms with E-state index in [1.54, 1.807) is 4.90 Å². The minimum atomic E-state index is -0.00883. The molecule has 5 nitrogen and oxygen atoms in total. The third kappa shape index (κ3) is 5.28. The van der Waals surface area contributed by atoms with Crippen LogP contribution in [0.3, 0.4) is 0 Å². The average Bonchev–Trinajstić information content (AvgIpc) is 3.43. The van der Waals surface area contributed by atoms with Crippen LogP contribution in [0.1, 0.15) is 43.2 Å². The first-order chi connectivity index (χ1) is 14.7. The van der Waals surface area contributed by atoms with E-state index in [4.69, 9.17) is 0 Å². The van der Waals surface area contributed by atoms with E-state index < -0.39 is 0 Å². The Morgan fingerprint density at radius 3 is 2.43 bits per heavy atom. The van der Waals surface area contributed by atoms with E-state index in [1.165, 1.54) is 37.1 Å². The molecule has 1 N–H and O–H groups in total. The number of nitrogens with one attached hydrogen (secondary N) is 1. The van der Waals surface area contributed by atoms with Crippen LogP contribution in [0.2, 0.25) is 0 Å². The van der Waals surface area contributed by atoms with Crippen LogP contribution in [0, 0.1) is 0 Å². The van der Waals surface area contributed by atoms with Crippen molar-refractivity contribution in [3.8, 4) is 11.1 Å². The zero-order valence-electron chi connectivity index (χ0n) is 17.6. The van der Waals surface area contributed by atoms with Crippen molar-refractivity contribution in [2.45, 2.75) is 45.2 Å². The predicted molar refractivity (Wildman–Crippen MR) is 119 cm³/mol. The number of amides is 2. The Hall–Kier alpha value is -2.66. The molecule has 2 aliphatic rings. The summed E-state index contributed by atoms with van der Waals surface area (Å²) in [5.74, 6) is 0.159. The van der Waals surface area contributed by atoms with E-state index in [2.05, 4.69) is 46.6 Å². The van der Waals surface area contributed by atoms with Crippen molar-refractivity contribution >= 4 is 11.8 Å². The maximum Gasteiger partial charge on any atom is 0.222 e. The molecule has 0 atom stereocenters. The Bertz CT molecular complexity index is 872. The monoisotopic (exact) mass is 405 g/mol. The highest BCUT2D eigenvalue weighted by Crippen LogP contribution is 2.25. The summed E-state index contributed by atoms with van der Waals surface area (Å²) in [6.07, 6.45) is 4.51. The summed E-state index contributed by atoms with van der Waals surface area (Å²) < 4.78 is 0. The lowest BCUT2D eigenvalue weighted by atomic mass is 9.98. The Kier molecular flexibility index (Phi) is 6.80. The fourth-order valence-corrected chi connectivity index (χ4v) is 4.40. The SMILES string of the molecule is O=C(CCN1CCCC1=O)NCc1ccccc1-c1ccc(CN2CCCC2)cc1. The van der Waals surface area contributed by atoms with E-state index in [9.17, 15) is 9.59 Å². The van der Waals surface area contributed by atoms with Crippen LogP contribution in [0.25, 0.3) is 11.1 Å². The largest absolute Gasteiger partial charge is 0.352 e. The van der Waals surface area contributed by atoms with Gasteiger partial charge in [0.15, 0.2) is 0 Å². The second-order valence-corrected chi connectivity index (χ2v) is 8.35. The Balaban J connectivity index is 1.34. The lowest BCUT2D eigenvalue weighted by Crippen LogP contribution is -2.31. The average molecular weight is 406 g/mol. The molecule has 0 aliphatic carbocycles. The van der Waals surface area contributed by atoms with Gasteiger partial charge in [-0.15, -0.1) is 0 Å². The smallest absolute Gasteiger partial charge is 0.222 e. The number of carbonyl (C=O) groups is 2. The zero-order valence-corrected chi connectivity index (χ0v) is 17.6. The van der Waals surface area contributed by atoms with Crippen molar-refractivity contribution in [3.05, 3.63) is 59.7 Å². The van der Waals surface area contributed by atoms with Crippen molar-refractivity contribution in [2.75, 3.05) is 26.2 Å². The topological polar surface area (TPSA) is 52.7 Å². The van der Waals surface area contributed by atoms with Crippen molar-refractivity contribution in [1.29, 1.82) is 0 Å². The summed E-state index contributed by atoms with van der Waals surface area (Å²) in [7, 11) is 0. The third-order valence-corrected chi connectivity index (χ3v) is 6.14. The lowest BCUT2D eigenvalue weighted by Gasteiger charge is -2.16. The highest BCUT2D eigenvalue weighted by Gasteiger charge is 2.20. The number of hydrogen-bond acceptors (Lipinski definition) is 3. The van der Waals surface area contributed by atoms with Gasteiger partial charge in [0.2, 0.25) is 11.8 Å². The highest BCUT2D eigenvalue weighted by molar-refractivity contribution is 5.80. The highest BCUT2D eigenvalue weighted by atomic mass is 16.2. The van der Waals surface area contributed by atoms with E-state index >= 15 is 0 Å². The molecule has 158 valence electrons. The molecule has 0 radical (unpaired) electrons. The zero-order chi connectivity index (χ0) is 20.8. The molecule has 2 aromatic carbocycles. The first kappa shape index (κ1) is 20.6. The number of carbonyl (C=O) groups excluding carboxylic acids is 2. The molecule has 0 spiro atoms. The Labute approximate surface area is 179 Å². The molecule has 2 aliphatic heterocycles. The Morgan fingerprint density at radius 1 is 0.933 bits per heavy atom. The maximum atomic E-state index is 12.3. The van der Waals surface area contributed by atoms with Crippen LogP contribution < -0.4 is 5.32 Å². The van der Waals surface area contributed by atoms with Crippen molar-refractivity contribution < 1.29 is 9.59 Å². The summed E-state index contributed by atoms with van der Waals surface area (Å²) in [6, 6.07) is 17.0. The number of hydrogen-bond donors (Lipinski definition) is 1. The van der Waals surface area contributed by atoms with Crippen molar-refractivity contribution in [2.24, 2.45) is 0 Å². The number of likely N-dealkylation sites (tertiary alicyclic amines) is 2. The van der Waals surface area contributed by atoms with Gasteiger partial charge in [0, 0.05) is 39.0 Å². The number of rotatable bonds is 8. The van der Waals surface area contributed by atoms with Gasteiger partial charge >= 0.3 is 0 Å². The van der Waals surface area contributed by atoms with Crippen molar-refractivity contribution in [3.63, 3.8) is 0 Å². The van der Waals surface area contributed by atoms with Gasteiger partial charge in [-0.1, -0.05) is 48.5 Å². The molecule has 2 heterocycles. The fraction of sp³-hybridized carbons (Fsp3) is 0.440. The van der Waals surface area contributed by atoms with E-state index in [-0.39, 0.29) is 11.8 Å². The van der Waals surface area contributed by atoms with E-state index in [1.807, 2.05) is 12.1 Å². The first-order valence-electron chi connectivity index (χ1n) is 11.1. The Morgan fingerprint density at radius 2 is 1.70 bits per heavy atom. The molecule has 0 unspecified atom stereocenters. The molecule has 30 heavy (non-hydrogen) atoms. The molecule has 2 amide bonds. The minimum absolute atomic E-state index is 0.00883. The van der Waals surface area contributed by atoms with Crippen LogP contribution in [-0.4, -0.2) is 47.8 Å². The van der Waals surface area contributed by atoms with Gasteiger partial charge in [-0.25, -0.2) is 0 Å². The summed E-state index contributed by atoms with van der Waals surface area (Å²) in [6.45, 7) is 5.23. The second-order valence-electron chi connectivity index (χ2n) is 8.35. The molecule has 0 bridgehead atoms. The van der Waals surface area contributed by atoms with Gasteiger partial charge in [-0.3, -0.25) is 14.5 Å². The van der Waals surface area contributed by atoms with Crippen molar-refractivity contribution in [1.82, 2.24) is 15.1 Å². The maximum absolute atomic E-state index is 12.3. The van der Waals surface area contributed by atoms with Gasteiger partial charge in [-0.05, 0) is 54.6 Å². The second kappa shape index (κ2) is 9.90. The summed E-state index contributed by atoms with van der Waals surface area (Å²) >= 11 is 0. The molecule has 4 rings (SSSR count). The van der Waals surface area contributed by atoms with Gasteiger partial charge in [0.05, 0.1) is 0 Å². The molecule has 2 aromatic rings. The summed E-state index contributed by atoms with van der Waals surface area (Å²) in [4.78, 5) is 28.3. The van der Waals surface area contributed by atoms with Gasteiger partial charge in [-0.2, -0.15) is 0 Å². The van der Waals surface area contributed by atoms with E-state index in [0.29, 0.717) is 25.9 Å². The van der Waals surface area contributed by atoms with Crippen LogP contribution in [-0.2, 0) is 22.7 Å². The molecule has 2 fully saturated rings. The van der Waals surface area contributed by atoms with Crippen LogP contribution in [0.15, 0.2) is 48.5 Å². The van der Waals surface area contributed by atoms with E-state index in [0.717, 1.165) is 30.6 Å². The molecular weight excluding hydrogens is 374 g/mol. The molecular formula is C25H31N3O2. The van der Waals surface area contributed by atoms with Gasteiger partial charge in [0.1, 0.15) is 0 Å². The predicted octanol–water partition coefficient (Wildman–Crippen LogP) is 3.58. The summed E-state index contributed by atoms with van der Waals surface area (Å²) in [5, 5.41) is 3.02. The quantitative estimate of drug-likeness (QED) is 0.730. The minimum Gasteiger partial charge on any atom is -0.352 e. The van der Waals surface area contributed by atoms with Gasteiger partial charge < -0.3 is 10.2 Å². The third-order valence-electron chi connectivity index (χ3n) is 6.14. The standard InChI is InChI=1S/C25H31N3O2/c29-24(13-17-28-16-5-8-25(28)30)26-18-22-6-1-2-7-23(22)21-11-9-20(10-12-21)19-27-14-3-4-15-27/h1-2,6-7,9-12H,3-5,8,13-19H2,(H,26,29). The molecule has 2 saturated heterocycles. The molecule has 0 aromatic heterocycles. The fourth-order valence-electron chi connectivity index (χ4n) is 4.40. The number of nitrogens with zero attached hydrogens (tertiary/aromatic N) is 2. The number of benzene rings is 2. The van der Waals surface area contributed by atoms with Gasteiger partial charge in [0.25, 0.3) is 0 Å². The van der Waals surface area contributed by atoms with Crippen LogP contribution in [0.4, 0.5) is 0 Å². The first-order valence-corrected chi connectivity index (χ1v) is 11.1. The normalized spacial score (nSPS) is 16.9. The summed E-state index contributed by atoms with van der Waals surface area (Å²) in [5.41, 5.74) is 4.78. The molecule has 5 heteroatoms.